The standard InChI is InChI=1S/C61H87FO2S6/c1-14-19-24-27-31-44-40-51(68-48(44)33-29-26-21-16-3)46-35-37-52(60(8,9)10)66-42(7)45(50-39-43(30-22-17-4)47(67-50)32-28-25-20-15-2)34-36-49(65-41(46)6)55-56-53(58(70-55)61(11,12)13)54(62)57(69-56)59(63)64-38-23-18-5/h34,36-37,39-40H,7,14-33,35,38H2,1-6,8-13H3/b45-34-,46-41-,49-36-,52-37-. The number of allylic oxidation sites excluding steroid dienone is 7. The van der Waals surface area contributed by atoms with Crippen molar-refractivity contribution in [1.82, 2.24) is 0 Å². The van der Waals surface area contributed by atoms with Gasteiger partial charge in [0, 0.05) is 45.2 Å². The van der Waals surface area contributed by atoms with Crippen molar-refractivity contribution in [2.75, 3.05) is 6.61 Å². The topological polar surface area (TPSA) is 26.3 Å². The highest BCUT2D eigenvalue weighted by Gasteiger charge is 2.32. The molecule has 0 unspecified atom stereocenters. The minimum absolute atomic E-state index is 0.0781. The maximum Gasteiger partial charge on any atom is 0.351 e. The molecule has 0 N–H and O–H groups in total. The van der Waals surface area contributed by atoms with Crippen molar-refractivity contribution in [3.8, 4) is 0 Å². The second-order valence-electron chi connectivity index (χ2n) is 21.4. The van der Waals surface area contributed by atoms with E-state index in [0.717, 1.165) is 74.8 Å². The number of carbonyl (C=O) groups excluding carboxylic acids is 1. The summed E-state index contributed by atoms with van der Waals surface area (Å²) in [6.07, 6.45) is 31.5. The number of unbranched alkanes of at least 4 members (excludes halogenated alkanes) is 11. The Balaban J connectivity index is 1.80. The summed E-state index contributed by atoms with van der Waals surface area (Å²) < 4.78 is 23.5. The number of ether oxygens (including phenoxy) is 1. The Labute approximate surface area is 449 Å². The Bertz CT molecular complexity index is 2430. The van der Waals surface area contributed by atoms with E-state index in [2.05, 4.69) is 113 Å². The Morgan fingerprint density at radius 3 is 1.79 bits per heavy atom. The maximum atomic E-state index is 17.0. The lowest BCUT2D eigenvalue weighted by molar-refractivity contribution is 0.0501. The zero-order valence-electron chi connectivity index (χ0n) is 45.3. The van der Waals surface area contributed by atoms with Crippen LogP contribution >= 0.6 is 68.9 Å². The lowest BCUT2D eigenvalue weighted by Gasteiger charge is -2.25. The zero-order chi connectivity index (χ0) is 51.0. The van der Waals surface area contributed by atoms with Gasteiger partial charge in [-0.15, -0.1) is 45.3 Å². The Morgan fingerprint density at radius 2 is 1.21 bits per heavy atom. The number of hydrogen-bond donors (Lipinski definition) is 0. The van der Waals surface area contributed by atoms with E-state index in [0.29, 0.717) is 12.0 Å². The number of fused-ring (bicyclic) bond motifs is 1. The fourth-order valence-corrected chi connectivity index (χ4v) is 16.6. The predicted molar refractivity (Wildman–Crippen MR) is 319 cm³/mol. The normalized spacial score (nSPS) is 17.8. The summed E-state index contributed by atoms with van der Waals surface area (Å²) in [6, 6.07) is 5.03. The Morgan fingerprint density at radius 1 is 0.657 bits per heavy atom. The van der Waals surface area contributed by atoms with Gasteiger partial charge in [-0.3, -0.25) is 0 Å². The monoisotopic (exact) mass is 1060 g/mol. The van der Waals surface area contributed by atoms with Gasteiger partial charge in [0.25, 0.3) is 0 Å². The molecule has 1 aliphatic heterocycles. The van der Waals surface area contributed by atoms with Crippen molar-refractivity contribution >= 4 is 101 Å². The molecule has 0 radical (unpaired) electrons. The molecule has 1 aliphatic rings. The highest BCUT2D eigenvalue weighted by Crippen LogP contribution is 2.53. The van der Waals surface area contributed by atoms with Crippen molar-refractivity contribution in [2.45, 2.75) is 223 Å². The van der Waals surface area contributed by atoms with E-state index in [9.17, 15) is 4.79 Å². The largest absolute Gasteiger partial charge is 0.461 e. The van der Waals surface area contributed by atoms with Gasteiger partial charge < -0.3 is 4.74 Å². The van der Waals surface area contributed by atoms with Crippen LogP contribution in [0.15, 0.2) is 51.7 Å². The fourth-order valence-electron chi connectivity index (χ4n) is 8.92. The number of esters is 1. The lowest BCUT2D eigenvalue weighted by Crippen LogP contribution is -2.10. The third-order valence-corrected chi connectivity index (χ3v) is 21.3. The number of thiophene rings is 4. The zero-order valence-corrected chi connectivity index (χ0v) is 50.2. The summed E-state index contributed by atoms with van der Waals surface area (Å²) in [5, 5.41) is 0.571. The molecule has 2 nitrogen and oxygen atoms in total. The first-order valence-corrected chi connectivity index (χ1v) is 31.9. The number of rotatable bonds is 25. The SMILES string of the molecule is C=C1S/C(C(C)(C)C)=C\C/C(c2cc(CCCCCC)c(CCCCCC)s2)=C(\C)S/C(c2sc(C(C)(C)C)c3c(F)c(C(=O)OCCCC)sc23)=C\C=C\1c1cc(CCCC)c(CCCCCC)s1. The van der Waals surface area contributed by atoms with Crippen molar-refractivity contribution in [2.24, 2.45) is 5.41 Å². The molecule has 0 amide bonds. The first kappa shape index (κ1) is 58.7. The van der Waals surface area contributed by atoms with Crippen LogP contribution in [0, 0.1) is 11.2 Å². The quantitative estimate of drug-likeness (QED) is 0.0488. The molecule has 0 aromatic carbocycles. The van der Waals surface area contributed by atoms with Gasteiger partial charge in [-0.25, -0.2) is 9.18 Å². The van der Waals surface area contributed by atoms with Gasteiger partial charge in [0.1, 0.15) is 4.88 Å². The molecular weight excluding hydrogens is 976 g/mol. The lowest BCUT2D eigenvalue weighted by atomic mass is 9.92. The van der Waals surface area contributed by atoms with E-state index in [-0.39, 0.29) is 15.7 Å². The van der Waals surface area contributed by atoms with Gasteiger partial charge in [0.05, 0.1) is 16.2 Å². The number of thioether (sulfide) groups is 2. The summed E-state index contributed by atoms with van der Waals surface area (Å²) in [7, 11) is 0. The van der Waals surface area contributed by atoms with E-state index in [1.165, 1.54) is 142 Å². The van der Waals surface area contributed by atoms with E-state index >= 15 is 4.39 Å². The van der Waals surface area contributed by atoms with Gasteiger partial charge in [-0.1, -0.05) is 189 Å². The Hall–Kier alpha value is -2.14. The highest BCUT2D eigenvalue weighted by atomic mass is 32.2. The molecule has 70 heavy (non-hydrogen) atoms. The Kier molecular flexibility index (Phi) is 23.9. The minimum atomic E-state index is -0.561. The third kappa shape index (κ3) is 16.2. The summed E-state index contributed by atoms with van der Waals surface area (Å²) in [5.74, 6) is -1.00. The van der Waals surface area contributed by atoms with Crippen molar-refractivity contribution < 1.29 is 13.9 Å². The van der Waals surface area contributed by atoms with Crippen LogP contribution in [-0.4, -0.2) is 12.6 Å². The average molecular weight is 1060 g/mol. The molecule has 0 spiro atoms. The van der Waals surface area contributed by atoms with Crippen LogP contribution in [-0.2, 0) is 35.8 Å². The molecule has 0 saturated heterocycles. The van der Waals surface area contributed by atoms with E-state index < -0.39 is 11.8 Å². The molecule has 0 saturated carbocycles. The van der Waals surface area contributed by atoms with Crippen LogP contribution in [0.1, 0.15) is 242 Å². The molecule has 5 heterocycles. The molecular formula is C61H87FO2S6. The second kappa shape index (κ2) is 28.5. The van der Waals surface area contributed by atoms with Gasteiger partial charge in [-0.2, -0.15) is 0 Å². The molecule has 0 aliphatic carbocycles. The van der Waals surface area contributed by atoms with Crippen LogP contribution < -0.4 is 0 Å². The first-order valence-electron chi connectivity index (χ1n) is 27.0. The first-order chi connectivity index (χ1) is 33.5. The van der Waals surface area contributed by atoms with Crippen molar-refractivity contribution in [3.05, 3.63) is 103 Å². The predicted octanol–water partition coefficient (Wildman–Crippen LogP) is 22.4. The molecule has 4 aromatic heterocycles. The molecule has 9 heteroatoms. The second-order valence-corrected chi connectivity index (χ2v) is 28.1. The molecule has 386 valence electrons. The maximum absolute atomic E-state index is 17.0. The van der Waals surface area contributed by atoms with Gasteiger partial charge in [0.2, 0.25) is 0 Å². The fraction of sp³-hybridized carbons (Fsp3) is 0.590. The van der Waals surface area contributed by atoms with Crippen LogP contribution in [0.4, 0.5) is 4.39 Å². The summed E-state index contributed by atoms with van der Waals surface area (Å²) in [5.41, 5.74) is 5.11. The van der Waals surface area contributed by atoms with Gasteiger partial charge in [0.15, 0.2) is 5.82 Å². The van der Waals surface area contributed by atoms with Crippen LogP contribution in [0.2, 0.25) is 0 Å². The number of hydrogen-bond acceptors (Lipinski definition) is 8. The van der Waals surface area contributed by atoms with E-state index in [1.807, 2.05) is 46.2 Å². The van der Waals surface area contributed by atoms with Gasteiger partial charge in [-0.05, 0) is 127 Å². The van der Waals surface area contributed by atoms with Gasteiger partial charge >= 0.3 is 5.97 Å². The molecule has 0 bridgehead atoms. The molecule has 4 aromatic rings. The molecule has 0 atom stereocenters. The molecule has 0 fully saturated rings. The third-order valence-electron chi connectivity index (χ3n) is 13.1. The summed E-state index contributed by atoms with van der Waals surface area (Å²) in [4.78, 5) is 26.1. The van der Waals surface area contributed by atoms with Crippen LogP contribution in [0.3, 0.4) is 0 Å². The number of aryl methyl sites for hydroxylation is 4. The van der Waals surface area contributed by atoms with E-state index in [4.69, 9.17) is 11.3 Å². The smallest absolute Gasteiger partial charge is 0.351 e. The van der Waals surface area contributed by atoms with Crippen molar-refractivity contribution in [3.63, 3.8) is 0 Å². The summed E-state index contributed by atoms with van der Waals surface area (Å²) in [6.45, 7) is 32.3. The number of halogens is 1. The highest BCUT2D eigenvalue weighted by molar-refractivity contribution is 8.12. The number of carbonyl (C=O) groups is 1. The van der Waals surface area contributed by atoms with E-state index in [1.54, 1.807) is 16.2 Å². The van der Waals surface area contributed by atoms with Crippen LogP contribution in [0.25, 0.3) is 26.1 Å². The minimum Gasteiger partial charge on any atom is -0.461 e. The summed E-state index contributed by atoms with van der Waals surface area (Å²) >= 11 is 10.6. The van der Waals surface area contributed by atoms with Crippen molar-refractivity contribution in [1.29, 1.82) is 0 Å². The average Bonchev–Trinajstić information content (AvgIpc) is 4.09. The molecule has 5 rings (SSSR count). The van der Waals surface area contributed by atoms with Crippen LogP contribution in [0.5, 0.6) is 0 Å².